The molecule has 17 heavy (non-hydrogen) atoms. The third-order valence-electron chi connectivity index (χ3n) is 3.44. The van der Waals surface area contributed by atoms with Crippen LogP contribution in [0.25, 0.3) is 0 Å². The van der Waals surface area contributed by atoms with E-state index in [9.17, 15) is 0 Å². The number of anilines is 1. The number of hydrogen-bond donors (Lipinski definition) is 1. The average molecular weight is 227 g/mol. The summed E-state index contributed by atoms with van der Waals surface area (Å²) in [7, 11) is 0. The lowest BCUT2D eigenvalue weighted by Gasteiger charge is -2.23. The largest absolute Gasteiger partial charge is 0.469 e. The Morgan fingerprint density at radius 3 is 2.82 bits per heavy atom. The predicted octanol–water partition coefficient (Wildman–Crippen LogP) is 4.08. The Hall–Kier alpha value is -1.70. The molecule has 0 radical (unpaired) electrons. The average Bonchev–Trinajstić information content (AvgIpc) is 2.81. The zero-order chi connectivity index (χ0) is 11.7. The van der Waals surface area contributed by atoms with Gasteiger partial charge in [0.2, 0.25) is 0 Å². The van der Waals surface area contributed by atoms with Crippen molar-refractivity contribution in [2.45, 2.75) is 32.2 Å². The molecule has 2 aromatic rings. The number of furan rings is 1. The van der Waals surface area contributed by atoms with Crippen LogP contribution >= 0.6 is 0 Å². The van der Waals surface area contributed by atoms with Crippen molar-refractivity contribution >= 4 is 5.69 Å². The normalized spacial score (nSPS) is 18.8. The van der Waals surface area contributed by atoms with Gasteiger partial charge in [-0.2, -0.15) is 0 Å². The number of benzene rings is 1. The maximum absolute atomic E-state index is 5.50. The Morgan fingerprint density at radius 1 is 1.18 bits per heavy atom. The van der Waals surface area contributed by atoms with Crippen LogP contribution in [0.15, 0.2) is 41.0 Å². The van der Waals surface area contributed by atoms with Gasteiger partial charge < -0.3 is 9.73 Å². The van der Waals surface area contributed by atoms with Gasteiger partial charge in [0.15, 0.2) is 0 Å². The molecule has 2 heteroatoms. The minimum Gasteiger partial charge on any atom is -0.469 e. The van der Waals surface area contributed by atoms with Crippen LogP contribution in [0.3, 0.4) is 0 Å². The van der Waals surface area contributed by atoms with Crippen molar-refractivity contribution in [2.24, 2.45) is 0 Å². The highest BCUT2D eigenvalue weighted by molar-refractivity contribution is 5.47. The van der Waals surface area contributed by atoms with E-state index in [0.717, 1.165) is 12.2 Å². The minimum absolute atomic E-state index is 0.403. The van der Waals surface area contributed by atoms with E-state index in [4.69, 9.17) is 4.42 Å². The topological polar surface area (TPSA) is 25.2 Å². The standard InChI is InChI=1S/C15H17NO/c1-11-5-7-12(8-6-11)16-14-3-2-4-15-13(14)9-10-17-15/h5-10,14,16H,2-4H2,1H3. The van der Waals surface area contributed by atoms with Crippen LogP contribution < -0.4 is 5.32 Å². The smallest absolute Gasteiger partial charge is 0.109 e. The molecule has 0 saturated carbocycles. The van der Waals surface area contributed by atoms with Gasteiger partial charge in [-0.15, -0.1) is 0 Å². The van der Waals surface area contributed by atoms with E-state index < -0.39 is 0 Å². The molecule has 0 spiro atoms. The lowest BCUT2D eigenvalue weighted by atomic mass is 9.93. The molecule has 1 N–H and O–H groups in total. The Bertz CT molecular complexity index is 498. The van der Waals surface area contributed by atoms with Crippen molar-refractivity contribution in [1.29, 1.82) is 0 Å². The molecule has 0 saturated heterocycles. The van der Waals surface area contributed by atoms with Crippen LogP contribution in [0.4, 0.5) is 5.69 Å². The number of nitrogens with one attached hydrogen (secondary N) is 1. The van der Waals surface area contributed by atoms with Crippen LogP contribution in [0.2, 0.25) is 0 Å². The summed E-state index contributed by atoms with van der Waals surface area (Å²) in [6, 6.07) is 11.1. The Labute approximate surface area is 102 Å². The fraction of sp³-hybridized carbons (Fsp3) is 0.333. The first-order valence-corrected chi connectivity index (χ1v) is 6.22. The van der Waals surface area contributed by atoms with E-state index in [0.29, 0.717) is 6.04 Å². The number of hydrogen-bond acceptors (Lipinski definition) is 2. The van der Waals surface area contributed by atoms with E-state index in [-0.39, 0.29) is 0 Å². The summed E-state index contributed by atoms with van der Waals surface area (Å²) in [6.45, 7) is 2.11. The summed E-state index contributed by atoms with van der Waals surface area (Å²) in [6.07, 6.45) is 5.26. The fourth-order valence-electron chi connectivity index (χ4n) is 2.49. The Balaban J connectivity index is 1.81. The van der Waals surface area contributed by atoms with E-state index in [2.05, 4.69) is 42.6 Å². The third kappa shape index (κ3) is 2.07. The molecule has 88 valence electrons. The van der Waals surface area contributed by atoms with Crippen molar-refractivity contribution in [2.75, 3.05) is 5.32 Å². The first-order chi connectivity index (χ1) is 8.33. The number of rotatable bonds is 2. The van der Waals surface area contributed by atoms with E-state index in [1.807, 2.05) is 0 Å². The molecule has 0 amide bonds. The summed E-state index contributed by atoms with van der Waals surface area (Å²) in [5.41, 5.74) is 3.81. The highest BCUT2D eigenvalue weighted by atomic mass is 16.3. The Kier molecular flexibility index (Phi) is 2.63. The molecule has 1 aliphatic carbocycles. The second-order valence-corrected chi connectivity index (χ2v) is 4.75. The van der Waals surface area contributed by atoms with Gasteiger partial charge in [0.05, 0.1) is 12.3 Å². The van der Waals surface area contributed by atoms with Gasteiger partial charge in [-0.05, 0) is 38.0 Å². The molecule has 1 atom stereocenters. The summed E-state index contributed by atoms with van der Waals surface area (Å²) >= 11 is 0. The fourth-order valence-corrected chi connectivity index (χ4v) is 2.49. The highest BCUT2D eigenvalue weighted by Gasteiger charge is 2.22. The van der Waals surface area contributed by atoms with Gasteiger partial charge in [0.25, 0.3) is 0 Å². The summed E-state index contributed by atoms with van der Waals surface area (Å²) in [4.78, 5) is 0. The van der Waals surface area contributed by atoms with E-state index in [1.165, 1.54) is 29.7 Å². The first kappa shape index (κ1) is 10.5. The molecule has 1 unspecified atom stereocenters. The maximum atomic E-state index is 5.50. The molecule has 0 fully saturated rings. The summed E-state index contributed by atoms with van der Waals surface area (Å²) < 4.78 is 5.50. The van der Waals surface area contributed by atoms with Gasteiger partial charge in [-0.25, -0.2) is 0 Å². The lowest BCUT2D eigenvalue weighted by molar-refractivity contribution is 0.461. The van der Waals surface area contributed by atoms with Gasteiger partial charge in [0.1, 0.15) is 5.76 Å². The second-order valence-electron chi connectivity index (χ2n) is 4.75. The van der Waals surface area contributed by atoms with Crippen LogP contribution in [-0.4, -0.2) is 0 Å². The van der Waals surface area contributed by atoms with Crippen molar-refractivity contribution in [3.63, 3.8) is 0 Å². The number of aryl methyl sites for hydroxylation is 2. The van der Waals surface area contributed by atoms with Crippen molar-refractivity contribution in [1.82, 2.24) is 0 Å². The van der Waals surface area contributed by atoms with Crippen molar-refractivity contribution in [3.05, 3.63) is 53.5 Å². The van der Waals surface area contributed by atoms with Crippen LogP contribution in [-0.2, 0) is 6.42 Å². The van der Waals surface area contributed by atoms with Crippen LogP contribution in [0.1, 0.15) is 35.8 Å². The van der Waals surface area contributed by atoms with Gasteiger partial charge in [0, 0.05) is 17.7 Å². The van der Waals surface area contributed by atoms with Gasteiger partial charge >= 0.3 is 0 Å². The van der Waals surface area contributed by atoms with E-state index >= 15 is 0 Å². The molecule has 1 heterocycles. The SMILES string of the molecule is Cc1ccc(NC2CCCc3occc32)cc1. The molecule has 1 aromatic carbocycles. The summed E-state index contributed by atoms with van der Waals surface area (Å²) in [5.74, 6) is 1.15. The third-order valence-corrected chi connectivity index (χ3v) is 3.44. The molecule has 0 aliphatic heterocycles. The van der Waals surface area contributed by atoms with Gasteiger partial charge in [-0.1, -0.05) is 17.7 Å². The molecule has 1 aliphatic rings. The Morgan fingerprint density at radius 2 is 2.00 bits per heavy atom. The van der Waals surface area contributed by atoms with Crippen molar-refractivity contribution < 1.29 is 4.42 Å². The zero-order valence-corrected chi connectivity index (χ0v) is 10.1. The zero-order valence-electron chi connectivity index (χ0n) is 10.1. The highest BCUT2D eigenvalue weighted by Crippen LogP contribution is 2.33. The van der Waals surface area contributed by atoms with Crippen molar-refractivity contribution in [3.8, 4) is 0 Å². The van der Waals surface area contributed by atoms with Gasteiger partial charge in [-0.3, -0.25) is 0 Å². The first-order valence-electron chi connectivity index (χ1n) is 6.22. The lowest BCUT2D eigenvalue weighted by Crippen LogP contribution is -2.15. The second kappa shape index (κ2) is 4.28. The molecular formula is C15H17NO. The van der Waals surface area contributed by atoms with E-state index in [1.54, 1.807) is 6.26 Å². The monoisotopic (exact) mass is 227 g/mol. The molecule has 2 nitrogen and oxygen atoms in total. The minimum atomic E-state index is 0.403. The number of fused-ring (bicyclic) bond motifs is 1. The van der Waals surface area contributed by atoms with Crippen LogP contribution in [0.5, 0.6) is 0 Å². The molecular weight excluding hydrogens is 210 g/mol. The predicted molar refractivity (Wildman–Crippen MR) is 69.2 cm³/mol. The quantitative estimate of drug-likeness (QED) is 0.836. The summed E-state index contributed by atoms with van der Waals surface area (Å²) in [5, 5.41) is 3.59. The van der Waals surface area contributed by atoms with Crippen LogP contribution in [0, 0.1) is 6.92 Å². The maximum Gasteiger partial charge on any atom is 0.109 e. The molecule has 3 rings (SSSR count). The molecule has 1 aromatic heterocycles. The molecule has 0 bridgehead atoms.